The summed E-state index contributed by atoms with van der Waals surface area (Å²) in [6.07, 6.45) is -3.18. The Morgan fingerprint density at radius 3 is 2.30 bits per heavy atom. The topological polar surface area (TPSA) is 170 Å². The van der Waals surface area contributed by atoms with Gasteiger partial charge in [-0.05, 0) is 74.9 Å². The highest BCUT2D eigenvalue weighted by Gasteiger charge is 2.48. The zero-order chi connectivity index (χ0) is 33.9. The van der Waals surface area contributed by atoms with Crippen molar-refractivity contribution in [3.05, 3.63) is 77.2 Å². The van der Waals surface area contributed by atoms with Crippen LogP contribution in [0.15, 0.2) is 54.9 Å². The Morgan fingerprint density at radius 1 is 0.957 bits per heavy atom. The third-order valence-electron chi connectivity index (χ3n) is 7.78. The van der Waals surface area contributed by atoms with Crippen molar-refractivity contribution >= 4 is 5.97 Å². The molecule has 2 aliphatic rings. The van der Waals surface area contributed by atoms with E-state index in [1.807, 2.05) is 6.07 Å². The van der Waals surface area contributed by atoms with Crippen molar-refractivity contribution < 1.29 is 57.7 Å². The smallest absolute Gasteiger partial charge is 0.387 e. The second kappa shape index (κ2) is 14.4. The van der Waals surface area contributed by atoms with Crippen LogP contribution in [0.1, 0.15) is 61.9 Å². The minimum absolute atomic E-state index is 0.00497. The molecule has 254 valence electrons. The summed E-state index contributed by atoms with van der Waals surface area (Å²) >= 11 is 0. The summed E-state index contributed by atoms with van der Waals surface area (Å²) in [5, 5.41) is 41.3. The van der Waals surface area contributed by atoms with Gasteiger partial charge in [-0.15, -0.1) is 0 Å². The Kier molecular flexibility index (Phi) is 10.6. The normalized spacial score (nSPS) is 23.7. The third kappa shape index (κ3) is 8.51. The van der Waals surface area contributed by atoms with Crippen LogP contribution in [0.5, 0.6) is 17.4 Å². The van der Waals surface area contributed by atoms with Crippen LogP contribution in [-0.4, -0.2) is 86.4 Å². The zero-order valence-corrected chi connectivity index (χ0v) is 26.0. The number of carbonyl (C=O) groups excluding carboxylic acids is 1. The van der Waals surface area contributed by atoms with Gasteiger partial charge in [0, 0.05) is 24.4 Å². The van der Waals surface area contributed by atoms with E-state index in [0.717, 1.165) is 29.5 Å². The fourth-order valence-corrected chi connectivity index (χ4v) is 5.11. The summed E-state index contributed by atoms with van der Waals surface area (Å²) in [6.45, 7) is 1.82. The van der Waals surface area contributed by atoms with Gasteiger partial charge >= 0.3 is 12.6 Å². The summed E-state index contributed by atoms with van der Waals surface area (Å²) in [7, 11) is 0. The summed E-state index contributed by atoms with van der Waals surface area (Å²) in [4.78, 5) is 21.0. The molecule has 4 N–H and O–H groups in total. The van der Waals surface area contributed by atoms with Gasteiger partial charge in [-0.3, -0.25) is 4.98 Å². The van der Waals surface area contributed by atoms with Crippen molar-refractivity contribution in [2.75, 3.05) is 6.61 Å². The van der Waals surface area contributed by atoms with Crippen LogP contribution < -0.4 is 14.2 Å². The van der Waals surface area contributed by atoms with Gasteiger partial charge in [-0.2, -0.15) is 8.78 Å². The average molecular weight is 661 g/mol. The van der Waals surface area contributed by atoms with Gasteiger partial charge in [0.2, 0.25) is 12.2 Å². The highest BCUT2D eigenvalue weighted by atomic mass is 19.3. The SMILES string of the molecule is CCOC(=O)[C@H]1O[C@@H](Oc2ccc(C[C@H](c3ccc(C(C)(C)O)nc3)c3ccc(OC(F)F)c(OC4CC4)c3)cn2)[C@H](O)[C@@H](O)[C@@H]1O. The van der Waals surface area contributed by atoms with E-state index >= 15 is 0 Å². The van der Waals surface area contributed by atoms with E-state index in [0.29, 0.717) is 12.1 Å². The summed E-state index contributed by atoms with van der Waals surface area (Å²) in [5.74, 6) is -1.14. The van der Waals surface area contributed by atoms with Crippen LogP contribution in [0.25, 0.3) is 0 Å². The van der Waals surface area contributed by atoms with Gasteiger partial charge in [-0.1, -0.05) is 18.2 Å². The number of esters is 1. The number of halogens is 2. The number of hydrogen-bond donors (Lipinski definition) is 4. The molecule has 5 rings (SSSR count). The van der Waals surface area contributed by atoms with E-state index in [1.54, 1.807) is 51.2 Å². The van der Waals surface area contributed by atoms with Crippen molar-refractivity contribution in [1.82, 2.24) is 9.97 Å². The summed E-state index contributed by atoms with van der Waals surface area (Å²) in [5.41, 5.74) is 1.55. The first-order valence-electron chi connectivity index (χ1n) is 15.3. The average Bonchev–Trinajstić information content (AvgIpc) is 3.85. The molecule has 2 fully saturated rings. The number of aromatic nitrogens is 2. The number of nitrogens with zero attached hydrogens (tertiary/aromatic N) is 2. The molecule has 1 aliphatic heterocycles. The largest absolute Gasteiger partial charge is 0.487 e. The van der Waals surface area contributed by atoms with E-state index in [-0.39, 0.29) is 36.0 Å². The Bertz CT molecular complexity index is 1500. The van der Waals surface area contributed by atoms with E-state index in [4.69, 9.17) is 23.7 Å². The standard InChI is InChI=1S/C33H38F2N2O10/c1-4-43-30(41)29-27(39)26(38)28(40)31(47-29)46-25-12-5-17(15-37-25)13-21(19-7-11-24(36-16-19)33(2,3)42)18-6-10-22(45-32(34)35)23(14-18)44-20-8-9-20/h5-7,10-12,14-16,20-21,26-29,31-32,38-40,42H,4,8-9,13H2,1-3H3/t21-,26-,27-,28+,29-,31+/m0/s1. The Hall–Kier alpha value is -3.95. The molecule has 1 aromatic carbocycles. The van der Waals surface area contributed by atoms with Crippen molar-refractivity contribution in [3.8, 4) is 17.4 Å². The molecule has 14 heteroatoms. The molecular formula is C33H38F2N2O10. The molecule has 0 radical (unpaired) electrons. The number of alkyl halides is 2. The molecule has 0 spiro atoms. The molecule has 1 aliphatic carbocycles. The molecule has 3 aromatic rings. The minimum atomic E-state index is -3.02. The molecule has 12 nitrogen and oxygen atoms in total. The predicted molar refractivity (Wildman–Crippen MR) is 160 cm³/mol. The molecule has 47 heavy (non-hydrogen) atoms. The van der Waals surface area contributed by atoms with Crippen molar-refractivity contribution in [2.45, 2.75) is 95.0 Å². The van der Waals surface area contributed by atoms with E-state index in [1.165, 1.54) is 18.3 Å². The molecular weight excluding hydrogens is 622 g/mol. The maximum Gasteiger partial charge on any atom is 0.387 e. The lowest BCUT2D eigenvalue weighted by Gasteiger charge is -2.38. The molecule has 0 unspecified atom stereocenters. The number of pyridine rings is 2. The first-order valence-corrected chi connectivity index (χ1v) is 15.3. The molecule has 1 saturated heterocycles. The third-order valence-corrected chi connectivity index (χ3v) is 7.78. The van der Waals surface area contributed by atoms with Gasteiger partial charge in [0.1, 0.15) is 23.9 Å². The fourth-order valence-electron chi connectivity index (χ4n) is 5.11. The lowest BCUT2D eigenvalue weighted by atomic mass is 9.86. The van der Waals surface area contributed by atoms with Crippen LogP contribution in [0, 0.1) is 0 Å². The number of ether oxygens (including phenoxy) is 5. The first kappa shape index (κ1) is 34.4. The van der Waals surface area contributed by atoms with Gasteiger partial charge in [0.25, 0.3) is 0 Å². The predicted octanol–water partition coefficient (Wildman–Crippen LogP) is 2.97. The van der Waals surface area contributed by atoms with Gasteiger partial charge in [0.05, 0.1) is 18.4 Å². The molecule has 1 saturated carbocycles. The summed E-state index contributed by atoms with van der Waals surface area (Å²) in [6, 6.07) is 11.6. The van der Waals surface area contributed by atoms with E-state index in [9.17, 15) is 34.0 Å². The monoisotopic (exact) mass is 660 g/mol. The number of rotatable bonds is 13. The van der Waals surface area contributed by atoms with Crippen molar-refractivity contribution in [3.63, 3.8) is 0 Å². The minimum Gasteiger partial charge on any atom is -0.487 e. The number of carbonyl (C=O) groups is 1. The number of aliphatic hydroxyl groups is 4. The lowest BCUT2D eigenvalue weighted by Crippen LogP contribution is -2.61. The molecule has 0 amide bonds. The highest BCUT2D eigenvalue weighted by Crippen LogP contribution is 2.39. The summed E-state index contributed by atoms with van der Waals surface area (Å²) < 4.78 is 52.8. The van der Waals surface area contributed by atoms with Crippen molar-refractivity contribution in [1.29, 1.82) is 0 Å². The van der Waals surface area contributed by atoms with Gasteiger partial charge < -0.3 is 44.1 Å². The second-order valence-corrected chi connectivity index (χ2v) is 12.0. The van der Waals surface area contributed by atoms with Crippen LogP contribution >= 0.6 is 0 Å². The Labute approximate surface area is 269 Å². The van der Waals surface area contributed by atoms with Crippen molar-refractivity contribution in [2.24, 2.45) is 0 Å². The maximum atomic E-state index is 13.1. The molecule has 0 bridgehead atoms. The van der Waals surface area contributed by atoms with E-state index in [2.05, 4.69) is 9.97 Å². The van der Waals surface area contributed by atoms with Gasteiger partial charge in [0.15, 0.2) is 17.6 Å². The highest BCUT2D eigenvalue weighted by molar-refractivity contribution is 5.75. The van der Waals surface area contributed by atoms with Crippen LogP contribution in [-0.2, 0) is 26.3 Å². The van der Waals surface area contributed by atoms with Gasteiger partial charge in [-0.25, -0.2) is 9.78 Å². The van der Waals surface area contributed by atoms with Crippen LogP contribution in [0.2, 0.25) is 0 Å². The first-order chi connectivity index (χ1) is 22.3. The van der Waals surface area contributed by atoms with Crippen LogP contribution in [0.4, 0.5) is 8.78 Å². The van der Waals surface area contributed by atoms with E-state index < -0.39 is 48.9 Å². The maximum absolute atomic E-state index is 13.1. The number of hydrogen-bond acceptors (Lipinski definition) is 12. The Morgan fingerprint density at radius 2 is 1.70 bits per heavy atom. The molecule has 2 aromatic heterocycles. The quantitative estimate of drug-likeness (QED) is 0.198. The molecule has 3 heterocycles. The molecule has 6 atom stereocenters. The fraction of sp³-hybridized carbons (Fsp3) is 0.485. The zero-order valence-electron chi connectivity index (χ0n) is 26.0. The number of aliphatic hydroxyl groups excluding tert-OH is 3. The van der Waals surface area contributed by atoms with Crippen LogP contribution in [0.3, 0.4) is 0 Å². The second-order valence-electron chi connectivity index (χ2n) is 12.0. The lowest BCUT2D eigenvalue weighted by molar-refractivity contribution is -0.273. The number of benzene rings is 1. The Balaban J connectivity index is 1.39.